The molecule has 0 bridgehead atoms. The van der Waals surface area contributed by atoms with Gasteiger partial charge in [0.25, 0.3) is 0 Å². The van der Waals surface area contributed by atoms with Gasteiger partial charge in [0.05, 0.1) is 14.2 Å². The Hall–Kier alpha value is -2.37. The van der Waals surface area contributed by atoms with Crippen molar-refractivity contribution in [2.45, 2.75) is 6.36 Å². The largest absolute Gasteiger partial charge is 0.573 e. The first-order valence-corrected chi connectivity index (χ1v) is 6.01. The topological polar surface area (TPSA) is 27.7 Å². The van der Waals surface area contributed by atoms with E-state index in [9.17, 15) is 13.2 Å². The first kappa shape index (κ1) is 15.0. The van der Waals surface area contributed by atoms with E-state index in [1.165, 1.54) is 38.5 Å². The Morgan fingerprint density at radius 1 is 0.810 bits per heavy atom. The first-order valence-electron chi connectivity index (χ1n) is 6.01. The Morgan fingerprint density at radius 3 is 1.95 bits per heavy atom. The number of rotatable bonds is 4. The van der Waals surface area contributed by atoms with Gasteiger partial charge >= 0.3 is 6.36 Å². The number of hydrogen-bond acceptors (Lipinski definition) is 3. The third-order valence-corrected chi connectivity index (χ3v) is 2.81. The highest BCUT2D eigenvalue weighted by Crippen LogP contribution is 2.34. The number of halogens is 3. The molecule has 21 heavy (non-hydrogen) atoms. The summed E-state index contributed by atoms with van der Waals surface area (Å²) < 4.78 is 50.5. The van der Waals surface area contributed by atoms with E-state index in [0.29, 0.717) is 17.1 Å². The predicted molar refractivity (Wildman–Crippen MR) is 71.7 cm³/mol. The quantitative estimate of drug-likeness (QED) is 0.843. The van der Waals surface area contributed by atoms with Crippen LogP contribution in [0, 0.1) is 0 Å². The molecule has 0 aliphatic carbocycles. The maximum absolute atomic E-state index is 12.1. The number of hydrogen-bond donors (Lipinski definition) is 0. The van der Waals surface area contributed by atoms with Gasteiger partial charge in [-0.2, -0.15) is 0 Å². The fraction of sp³-hybridized carbons (Fsp3) is 0.200. The normalized spacial score (nSPS) is 11.1. The van der Waals surface area contributed by atoms with Crippen molar-refractivity contribution in [3.63, 3.8) is 0 Å². The van der Waals surface area contributed by atoms with Crippen LogP contribution in [0.3, 0.4) is 0 Å². The molecule has 2 aromatic rings. The minimum absolute atomic E-state index is 0.265. The van der Waals surface area contributed by atoms with Crippen LogP contribution in [-0.2, 0) is 0 Å². The lowest BCUT2D eigenvalue weighted by Gasteiger charge is -2.12. The SMILES string of the molecule is COc1ccc(-c2ccc(OC(F)(F)F)cc2)c(OC)c1. The van der Waals surface area contributed by atoms with Gasteiger partial charge in [-0.3, -0.25) is 0 Å². The average molecular weight is 298 g/mol. The minimum Gasteiger partial charge on any atom is -0.497 e. The average Bonchev–Trinajstić information content (AvgIpc) is 2.46. The highest BCUT2D eigenvalue weighted by Gasteiger charge is 2.30. The van der Waals surface area contributed by atoms with Crippen molar-refractivity contribution in [1.29, 1.82) is 0 Å². The fourth-order valence-corrected chi connectivity index (χ4v) is 1.87. The molecule has 0 saturated carbocycles. The summed E-state index contributed by atoms with van der Waals surface area (Å²) >= 11 is 0. The molecule has 0 spiro atoms. The van der Waals surface area contributed by atoms with Crippen molar-refractivity contribution in [3.05, 3.63) is 42.5 Å². The molecule has 6 heteroatoms. The number of methoxy groups -OCH3 is 2. The summed E-state index contributed by atoms with van der Waals surface area (Å²) in [6.45, 7) is 0. The van der Waals surface area contributed by atoms with E-state index in [0.717, 1.165) is 5.56 Å². The number of benzene rings is 2. The van der Waals surface area contributed by atoms with Crippen LogP contribution in [0.15, 0.2) is 42.5 Å². The zero-order valence-corrected chi connectivity index (χ0v) is 11.4. The molecule has 2 aromatic carbocycles. The summed E-state index contributed by atoms with van der Waals surface area (Å²) in [6.07, 6.45) is -4.70. The molecule has 2 rings (SSSR count). The Balaban J connectivity index is 2.30. The summed E-state index contributed by atoms with van der Waals surface area (Å²) in [5.41, 5.74) is 1.46. The van der Waals surface area contributed by atoms with Gasteiger partial charge in [-0.15, -0.1) is 13.2 Å². The van der Waals surface area contributed by atoms with Crippen molar-refractivity contribution in [1.82, 2.24) is 0 Å². The van der Waals surface area contributed by atoms with Gasteiger partial charge in [-0.1, -0.05) is 12.1 Å². The van der Waals surface area contributed by atoms with E-state index >= 15 is 0 Å². The second-order valence-corrected chi connectivity index (χ2v) is 4.14. The molecule has 3 nitrogen and oxygen atoms in total. The molecule has 0 atom stereocenters. The van der Waals surface area contributed by atoms with Crippen LogP contribution in [0.4, 0.5) is 13.2 Å². The van der Waals surface area contributed by atoms with Gasteiger partial charge in [0.2, 0.25) is 0 Å². The zero-order valence-electron chi connectivity index (χ0n) is 11.4. The predicted octanol–water partition coefficient (Wildman–Crippen LogP) is 4.27. The maximum atomic E-state index is 12.1. The molecule has 0 fully saturated rings. The molecule has 0 amide bonds. The Morgan fingerprint density at radius 2 is 1.43 bits per heavy atom. The van der Waals surface area contributed by atoms with E-state index in [2.05, 4.69) is 4.74 Å². The van der Waals surface area contributed by atoms with Crippen LogP contribution < -0.4 is 14.2 Å². The smallest absolute Gasteiger partial charge is 0.497 e. The van der Waals surface area contributed by atoms with Crippen LogP contribution in [0.25, 0.3) is 11.1 Å². The Bertz CT molecular complexity index is 607. The Labute approximate surface area is 119 Å². The molecule has 0 heterocycles. The van der Waals surface area contributed by atoms with Crippen LogP contribution in [-0.4, -0.2) is 20.6 Å². The van der Waals surface area contributed by atoms with Gasteiger partial charge in [-0.25, -0.2) is 0 Å². The van der Waals surface area contributed by atoms with E-state index < -0.39 is 6.36 Å². The lowest BCUT2D eigenvalue weighted by Crippen LogP contribution is -2.16. The van der Waals surface area contributed by atoms with Crippen LogP contribution >= 0.6 is 0 Å². The third kappa shape index (κ3) is 3.81. The van der Waals surface area contributed by atoms with Crippen molar-refractivity contribution < 1.29 is 27.4 Å². The molecular weight excluding hydrogens is 285 g/mol. The number of ether oxygens (including phenoxy) is 3. The van der Waals surface area contributed by atoms with Crippen LogP contribution in [0.5, 0.6) is 17.2 Å². The molecule has 0 aliphatic rings. The van der Waals surface area contributed by atoms with Gasteiger partial charge in [0.1, 0.15) is 17.2 Å². The van der Waals surface area contributed by atoms with E-state index in [4.69, 9.17) is 9.47 Å². The van der Waals surface area contributed by atoms with Crippen molar-refractivity contribution in [2.24, 2.45) is 0 Å². The lowest BCUT2D eigenvalue weighted by atomic mass is 10.0. The van der Waals surface area contributed by atoms with Crippen molar-refractivity contribution in [3.8, 4) is 28.4 Å². The highest BCUT2D eigenvalue weighted by atomic mass is 19.4. The molecule has 0 aromatic heterocycles. The second-order valence-electron chi connectivity index (χ2n) is 4.14. The highest BCUT2D eigenvalue weighted by molar-refractivity contribution is 5.72. The van der Waals surface area contributed by atoms with Crippen LogP contribution in [0.1, 0.15) is 0 Å². The minimum atomic E-state index is -4.70. The van der Waals surface area contributed by atoms with Gasteiger partial charge in [0, 0.05) is 11.6 Å². The summed E-state index contributed by atoms with van der Waals surface area (Å²) in [5.74, 6) is 0.935. The van der Waals surface area contributed by atoms with E-state index in [1.807, 2.05) is 0 Å². The Kier molecular flexibility index (Phi) is 4.26. The van der Waals surface area contributed by atoms with Crippen molar-refractivity contribution in [2.75, 3.05) is 14.2 Å². The molecule has 0 saturated heterocycles. The second kappa shape index (κ2) is 5.95. The monoisotopic (exact) mass is 298 g/mol. The maximum Gasteiger partial charge on any atom is 0.573 e. The number of alkyl halides is 3. The summed E-state index contributed by atoms with van der Waals surface area (Å²) in [6, 6.07) is 10.8. The van der Waals surface area contributed by atoms with Crippen LogP contribution in [0.2, 0.25) is 0 Å². The van der Waals surface area contributed by atoms with Gasteiger partial charge in [0.15, 0.2) is 0 Å². The van der Waals surface area contributed by atoms with E-state index in [-0.39, 0.29) is 5.75 Å². The van der Waals surface area contributed by atoms with Gasteiger partial charge < -0.3 is 14.2 Å². The van der Waals surface area contributed by atoms with Gasteiger partial charge in [-0.05, 0) is 29.8 Å². The molecule has 0 N–H and O–H groups in total. The van der Waals surface area contributed by atoms with Crippen molar-refractivity contribution >= 4 is 0 Å². The summed E-state index contributed by atoms with van der Waals surface area (Å²) in [7, 11) is 3.05. The third-order valence-electron chi connectivity index (χ3n) is 2.81. The first-order chi connectivity index (χ1) is 9.93. The molecule has 0 unspecified atom stereocenters. The summed E-state index contributed by atoms with van der Waals surface area (Å²) in [5, 5.41) is 0. The molecular formula is C15H13F3O3. The zero-order chi connectivity index (χ0) is 15.5. The standard InChI is InChI=1S/C15H13F3O3/c1-19-12-7-8-13(14(9-12)20-2)10-3-5-11(6-4-10)21-15(16,17)18/h3-9H,1-2H3. The fourth-order valence-electron chi connectivity index (χ4n) is 1.87. The van der Waals surface area contributed by atoms with E-state index in [1.54, 1.807) is 18.2 Å². The molecule has 112 valence electrons. The molecule has 0 radical (unpaired) electrons. The summed E-state index contributed by atoms with van der Waals surface area (Å²) in [4.78, 5) is 0. The molecule has 0 aliphatic heterocycles. The lowest BCUT2D eigenvalue weighted by molar-refractivity contribution is -0.274.